The van der Waals surface area contributed by atoms with Gasteiger partial charge in [0.2, 0.25) is 11.8 Å². The average molecular weight is 266 g/mol. The Morgan fingerprint density at radius 2 is 1.89 bits per heavy atom. The number of halogens is 1. The monoisotopic (exact) mass is 266 g/mol. The molecule has 2 amide bonds. The van der Waals surface area contributed by atoms with Crippen molar-refractivity contribution in [1.29, 1.82) is 0 Å². The lowest BCUT2D eigenvalue weighted by atomic mass is 10.2. The third-order valence-corrected chi connectivity index (χ3v) is 2.71. The topological polar surface area (TPSA) is 49.4 Å². The number of nitrogens with one attached hydrogen (secondary N) is 1. The Bertz CT molecular complexity index is 432. The van der Waals surface area contributed by atoms with Gasteiger partial charge < -0.3 is 10.2 Å². The Morgan fingerprint density at radius 1 is 1.26 bits per heavy atom. The number of anilines is 1. The third kappa shape index (κ3) is 5.50. The van der Waals surface area contributed by atoms with E-state index in [1.807, 2.05) is 6.92 Å². The van der Waals surface area contributed by atoms with Crippen LogP contribution >= 0.6 is 0 Å². The van der Waals surface area contributed by atoms with Gasteiger partial charge in [-0.2, -0.15) is 0 Å². The molecule has 0 radical (unpaired) electrons. The van der Waals surface area contributed by atoms with Crippen LogP contribution in [0.25, 0.3) is 0 Å². The largest absolute Gasteiger partial charge is 0.345 e. The molecule has 0 bridgehead atoms. The van der Waals surface area contributed by atoms with Crippen LogP contribution in [0.4, 0.5) is 10.1 Å². The number of carbonyl (C=O) groups is 2. The van der Waals surface area contributed by atoms with Gasteiger partial charge in [0.1, 0.15) is 12.2 Å². The third-order valence-electron chi connectivity index (χ3n) is 2.71. The molecule has 0 saturated carbocycles. The fourth-order valence-electron chi connectivity index (χ4n) is 1.53. The Morgan fingerprint density at radius 3 is 2.47 bits per heavy atom. The summed E-state index contributed by atoms with van der Waals surface area (Å²) in [5.41, 5.74) is 0.482. The first-order valence-electron chi connectivity index (χ1n) is 6.32. The SMILES string of the molecule is CCCCN(C)C(=O)CC(=O)Nc1ccc(F)cc1. The van der Waals surface area contributed by atoms with Gasteiger partial charge in [0.25, 0.3) is 0 Å². The molecule has 0 heterocycles. The molecule has 0 fully saturated rings. The number of amides is 2. The number of benzene rings is 1. The molecule has 0 atom stereocenters. The second kappa shape index (κ2) is 7.51. The van der Waals surface area contributed by atoms with Crippen LogP contribution in [0.2, 0.25) is 0 Å². The van der Waals surface area contributed by atoms with Gasteiger partial charge in [0.05, 0.1) is 0 Å². The summed E-state index contributed by atoms with van der Waals surface area (Å²) >= 11 is 0. The minimum atomic E-state index is -0.389. The summed E-state index contributed by atoms with van der Waals surface area (Å²) in [5.74, 6) is -0.971. The Kier molecular flexibility index (Phi) is 5.99. The van der Waals surface area contributed by atoms with Crippen LogP contribution in [0.1, 0.15) is 26.2 Å². The van der Waals surface area contributed by atoms with Crippen molar-refractivity contribution in [1.82, 2.24) is 4.90 Å². The molecule has 104 valence electrons. The van der Waals surface area contributed by atoms with Gasteiger partial charge in [0, 0.05) is 19.3 Å². The lowest BCUT2D eigenvalue weighted by Crippen LogP contribution is -2.31. The first-order chi connectivity index (χ1) is 9.02. The summed E-state index contributed by atoms with van der Waals surface area (Å²) < 4.78 is 12.7. The zero-order valence-corrected chi connectivity index (χ0v) is 11.3. The van der Waals surface area contributed by atoms with Gasteiger partial charge in [-0.3, -0.25) is 9.59 Å². The first kappa shape index (κ1) is 15.1. The molecule has 0 aliphatic carbocycles. The molecule has 0 aliphatic rings. The summed E-state index contributed by atoms with van der Waals surface area (Å²) in [6.45, 7) is 2.69. The van der Waals surface area contributed by atoms with Crippen molar-refractivity contribution in [3.8, 4) is 0 Å². The van der Waals surface area contributed by atoms with Gasteiger partial charge in [-0.25, -0.2) is 4.39 Å². The quantitative estimate of drug-likeness (QED) is 0.804. The van der Waals surface area contributed by atoms with Gasteiger partial charge in [-0.05, 0) is 30.7 Å². The molecule has 0 aromatic heterocycles. The molecule has 1 N–H and O–H groups in total. The van der Waals surface area contributed by atoms with Crippen molar-refractivity contribution in [3.63, 3.8) is 0 Å². The highest BCUT2D eigenvalue weighted by atomic mass is 19.1. The molecular weight excluding hydrogens is 247 g/mol. The van der Waals surface area contributed by atoms with E-state index in [1.165, 1.54) is 24.3 Å². The molecule has 1 aromatic rings. The van der Waals surface area contributed by atoms with Crippen LogP contribution in [0.5, 0.6) is 0 Å². The average Bonchev–Trinajstić information content (AvgIpc) is 2.38. The maximum absolute atomic E-state index is 12.7. The molecule has 1 aromatic carbocycles. The van der Waals surface area contributed by atoms with Crippen molar-refractivity contribution in [2.45, 2.75) is 26.2 Å². The smallest absolute Gasteiger partial charge is 0.233 e. The number of hydrogen-bond acceptors (Lipinski definition) is 2. The lowest BCUT2D eigenvalue weighted by molar-refractivity contribution is -0.133. The maximum atomic E-state index is 12.7. The van der Waals surface area contributed by atoms with E-state index in [9.17, 15) is 14.0 Å². The van der Waals surface area contributed by atoms with Gasteiger partial charge in [0.15, 0.2) is 0 Å². The zero-order chi connectivity index (χ0) is 14.3. The van der Waals surface area contributed by atoms with Crippen LogP contribution in [0, 0.1) is 5.82 Å². The predicted molar refractivity (Wildman–Crippen MR) is 72.2 cm³/mol. The van der Waals surface area contributed by atoms with Gasteiger partial charge in [-0.1, -0.05) is 13.3 Å². The normalized spacial score (nSPS) is 10.1. The summed E-state index contributed by atoms with van der Waals surface area (Å²) in [5, 5.41) is 2.56. The molecule has 0 saturated heterocycles. The molecule has 5 heteroatoms. The maximum Gasteiger partial charge on any atom is 0.233 e. The second-order valence-corrected chi connectivity index (χ2v) is 4.40. The van der Waals surface area contributed by atoms with E-state index in [1.54, 1.807) is 11.9 Å². The van der Waals surface area contributed by atoms with Gasteiger partial charge >= 0.3 is 0 Å². The van der Waals surface area contributed by atoms with Crippen LogP contribution in [-0.4, -0.2) is 30.3 Å². The number of rotatable bonds is 6. The molecule has 4 nitrogen and oxygen atoms in total. The highest BCUT2D eigenvalue weighted by Crippen LogP contribution is 2.08. The predicted octanol–water partition coefficient (Wildman–Crippen LogP) is 2.41. The summed E-state index contributed by atoms with van der Waals surface area (Å²) in [7, 11) is 1.68. The van der Waals surface area contributed by atoms with E-state index in [-0.39, 0.29) is 24.1 Å². The molecule has 0 unspecified atom stereocenters. The van der Waals surface area contributed by atoms with E-state index in [0.29, 0.717) is 12.2 Å². The summed E-state index contributed by atoms with van der Waals surface area (Å²) in [4.78, 5) is 24.9. The number of nitrogens with zero attached hydrogens (tertiary/aromatic N) is 1. The molecular formula is C14H19FN2O2. The van der Waals surface area contributed by atoms with E-state index in [2.05, 4.69) is 5.32 Å². The van der Waals surface area contributed by atoms with Crippen LogP contribution in [-0.2, 0) is 9.59 Å². The van der Waals surface area contributed by atoms with Crippen LogP contribution in [0.3, 0.4) is 0 Å². The van der Waals surface area contributed by atoms with Crippen molar-refractivity contribution >= 4 is 17.5 Å². The van der Waals surface area contributed by atoms with Crippen LogP contribution in [0.15, 0.2) is 24.3 Å². The van der Waals surface area contributed by atoms with E-state index in [4.69, 9.17) is 0 Å². The number of unbranched alkanes of at least 4 members (excludes halogenated alkanes) is 1. The zero-order valence-electron chi connectivity index (χ0n) is 11.3. The van der Waals surface area contributed by atoms with Crippen molar-refractivity contribution in [2.75, 3.05) is 18.9 Å². The van der Waals surface area contributed by atoms with Crippen molar-refractivity contribution < 1.29 is 14.0 Å². The van der Waals surface area contributed by atoms with E-state index >= 15 is 0 Å². The molecule has 0 aliphatic heterocycles. The highest BCUT2D eigenvalue weighted by molar-refractivity contribution is 6.03. The fourth-order valence-corrected chi connectivity index (χ4v) is 1.53. The van der Waals surface area contributed by atoms with Crippen molar-refractivity contribution in [3.05, 3.63) is 30.1 Å². The Balaban J connectivity index is 2.42. The summed E-state index contributed by atoms with van der Waals surface area (Å²) in [6.07, 6.45) is 1.72. The number of hydrogen-bond donors (Lipinski definition) is 1. The Hall–Kier alpha value is -1.91. The minimum Gasteiger partial charge on any atom is -0.345 e. The van der Waals surface area contributed by atoms with Gasteiger partial charge in [-0.15, -0.1) is 0 Å². The molecule has 1 rings (SSSR count). The van der Waals surface area contributed by atoms with E-state index in [0.717, 1.165) is 12.8 Å². The standard InChI is InChI=1S/C14H19FN2O2/c1-3-4-9-17(2)14(19)10-13(18)16-12-7-5-11(15)6-8-12/h5-8H,3-4,9-10H2,1-2H3,(H,16,18). The van der Waals surface area contributed by atoms with Crippen molar-refractivity contribution in [2.24, 2.45) is 0 Å². The molecule has 0 spiro atoms. The highest BCUT2D eigenvalue weighted by Gasteiger charge is 2.13. The Labute approximate surface area is 112 Å². The summed E-state index contributed by atoms with van der Waals surface area (Å²) in [6, 6.07) is 5.42. The minimum absolute atomic E-state index is 0.197. The lowest BCUT2D eigenvalue weighted by Gasteiger charge is -2.16. The number of carbonyl (C=O) groups excluding carboxylic acids is 2. The van der Waals surface area contributed by atoms with Crippen LogP contribution < -0.4 is 5.32 Å². The van der Waals surface area contributed by atoms with E-state index < -0.39 is 0 Å². The second-order valence-electron chi connectivity index (χ2n) is 4.40. The fraction of sp³-hybridized carbons (Fsp3) is 0.429. The first-order valence-corrected chi connectivity index (χ1v) is 6.32. The molecule has 19 heavy (non-hydrogen) atoms.